The van der Waals surface area contributed by atoms with Gasteiger partial charge >= 0.3 is 0 Å². The molecular weight excluding hydrogens is 468 g/mol. The molecule has 0 unspecified atom stereocenters. The lowest BCUT2D eigenvalue weighted by Crippen LogP contribution is -2.12. The van der Waals surface area contributed by atoms with Gasteiger partial charge in [0.15, 0.2) is 5.13 Å². The van der Waals surface area contributed by atoms with Gasteiger partial charge in [-0.05, 0) is 43.0 Å². The van der Waals surface area contributed by atoms with Gasteiger partial charge in [0.25, 0.3) is 0 Å². The van der Waals surface area contributed by atoms with E-state index in [2.05, 4.69) is 37.3 Å². The topological polar surface area (TPSA) is 78.7 Å². The van der Waals surface area contributed by atoms with Crippen LogP contribution in [-0.4, -0.2) is 21.6 Å². The third-order valence-electron chi connectivity index (χ3n) is 4.59. The number of thioether (sulfide) groups is 1. The highest BCUT2D eigenvalue weighted by Gasteiger charge is 2.17. The molecule has 0 aliphatic heterocycles. The summed E-state index contributed by atoms with van der Waals surface area (Å²) >= 11 is 6.29. The summed E-state index contributed by atoms with van der Waals surface area (Å²) in [7, 11) is 0. The Balaban J connectivity index is 1.32. The lowest BCUT2D eigenvalue weighted by Gasteiger charge is -2.06. The number of rotatable bonds is 6. The number of thiazole rings is 1. The Labute approximate surface area is 185 Å². The lowest BCUT2D eigenvalue weighted by molar-refractivity contribution is -0.115. The first kappa shape index (κ1) is 20.1. The number of hydrogen-bond donors (Lipinski definition) is 1. The average molecular weight is 485 g/mol. The minimum Gasteiger partial charge on any atom is -0.302 e. The summed E-state index contributed by atoms with van der Waals surface area (Å²) in [6.07, 6.45) is 3.40. The second-order valence-electron chi connectivity index (χ2n) is 6.60. The van der Waals surface area contributed by atoms with Gasteiger partial charge in [0.2, 0.25) is 5.91 Å². The molecule has 1 aromatic carbocycles. The Hall–Kier alpha value is -2.21. The van der Waals surface area contributed by atoms with Gasteiger partial charge in [-0.15, -0.1) is 23.1 Å². The van der Waals surface area contributed by atoms with Crippen LogP contribution >= 0.6 is 39.0 Å². The van der Waals surface area contributed by atoms with Gasteiger partial charge < -0.3 is 5.32 Å². The number of aryl methyl sites for hydroxylation is 2. The summed E-state index contributed by atoms with van der Waals surface area (Å²) in [5.74, 6) is 0.478. The number of fused-ring (bicyclic) bond motifs is 1. The van der Waals surface area contributed by atoms with Gasteiger partial charge in [-0.3, -0.25) is 4.79 Å². The van der Waals surface area contributed by atoms with Crippen molar-refractivity contribution in [3.63, 3.8) is 0 Å². The largest absolute Gasteiger partial charge is 0.302 e. The van der Waals surface area contributed by atoms with Crippen LogP contribution in [0.5, 0.6) is 0 Å². The maximum atomic E-state index is 12.3. The van der Waals surface area contributed by atoms with Crippen LogP contribution in [0.1, 0.15) is 29.7 Å². The van der Waals surface area contributed by atoms with Crippen molar-refractivity contribution in [2.75, 3.05) is 11.1 Å². The molecule has 4 rings (SSSR count). The van der Waals surface area contributed by atoms with E-state index in [1.165, 1.54) is 28.7 Å². The van der Waals surface area contributed by atoms with E-state index < -0.39 is 0 Å². The van der Waals surface area contributed by atoms with Crippen molar-refractivity contribution in [1.82, 2.24) is 9.97 Å². The molecule has 1 N–H and O–H groups in total. The van der Waals surface area contributed by atoms with Crippen LogP contribution in [0, 0.1) is 11.3 Å². The third-order valence-corrected chi connectivity index (χ3v) is 6.87. The molecule has 0 saturated carbocycles. The van der Waals surface area contributed by atoms with E-state index in [1.807, 2.05) is 35.7 Å². The summed E-state index contributed by atoms with van der Waals surface area (Å²) in [6, 6.07) is 12.1. The van der Waals surface area contributed by atoms with Gasteiger partial charge in [-0.2, -0.15) is 5.26 Å². The molecule has 146 valence electrons. The molecular formula is C21H17BrN4OS2. The minimum absolute atomic E-state index is 0.0890. The van der Waals surface area contributed by atoms with Gasteiger partial charge in [0, 0.05) is 33.3 Å². The SMILES string of the molecule is N#Cc1cc2c(nc1SCCC(=O)Nc1nc(-c3ccc(Br)cc3)cs1)CCC2. The number of nitriles is 1. The third kappa shape index (κ3) is 4.86. The van der Waals surface area contributed by atoms with Gasteiger partial charge in [-0.1, -0.05) is 28.1 Å². The average Bonchev–Trinajstić information content (AvgIpc) is 3.37. The molecule has 0 radical (unpaired) electrons. The zero-order valence-corrected chi connectivity index (χ0v) is 18.7. The number of anilines is 1. The number of nitrogens with zero attached hydrogens (tertiary/aromatic N) is 3. The Morgan fingerprint density at radius 2 is 2.10 bits per heavy atom. The fraction of sp³-hybridized carbons (Fsp3) is 0.238. The molecule has 0 spiro atoms. The van der Waals surface area contributed by atoms with Gasteiger partial charge in [0.05, 0.1) is 11.3 Å². The van der Waals surface area contributed by atoms with Crippen LogP contribution in [0.3, 0.4) is 0 Å². The maximum Gasteiger partial charge on any atom is 0.226 e. The molecule has 0 saturated heterocycles. The number of carbonyl (C=O) groups excluding carboxylic acids is 1. The van der Waals surface area contributed by atoms with Crippen molar-refractivity contribution in [2.24, 2.45) is 0 Å². The molecule has 1 aliphatic carbocycles. The van der Waals surface area contributed by atoms with E-state index >= 15 is 0 Å². The molecule has 2 heterocycles. The number of amides is 1. The Morgan fingerprint density at radius 1 is 1.28 bits per heavy atom. The van der Waals surface area contributed by atoms with E-state index in [4.69, 9.17) is 0 Å². The van der Waals surface area contributed by atoms with Crippen LogP contribution < -0.4 is 5.32 Å². The molecule has 0 fully saturated rings. The van der Waals surface area contributed by atoms with Crippen molar-refractivity contribution >= 4 is 50.1 Å². The van der Waals surface area contributed by atoms with Crippen LogP contribution in [-0.2, 0) is 17.6 Å². The monoisotopic (exact) mass is 484 g/mol. The predicted molar refractivity (Wildman–Crippen MR) is 120 cm³/mol. The first-order valence-electron chi connectivity index (χ1n) is 9.19. The summed E-state index contributed by atoms with van der Waals surface area (Å²) < 4.78 is 1.01. The lowest BCUT2D eigenvalue weighted by atomic mass is 10.2. The zero-order chi connectivity index (χ0) is 20.2. The van der Waals surface area contributed by atoms with Crippen molar-refractivity contribution in [1.29, 1.82) is 5.26 Å². The number of benzene rings is 1. The summed E-state index contributed by atoms with van der Waals surface area (Å²) in [4.78, 5) is 21.4. The molecule has 3 aromatic rings. The van der Waals surface area contributed by atoms with Crippen LogP contribution in [0.25, 0.3) is 11.3 Å². The minimum atomic E-state index is -0.0890. The second-order valence-corrected chi connectivity index (χ2v) is 9.46. The zero-order valence-electron chi connectivity index (χ0n) is 15.4. The standard InChI is InChI=1S/C21H17BrN4OS2/c22-16-6-4-13(5-7-16)18-12-29-21(25-18)26-19(27)8-9-28-20-15(11-23)10-14-2-1-3-17(14)24-20/h4-7,10,12H,1-3,8-9H2,(H,25,26,27). The number of halogens is 1. The molecule has 8 heteroatoms. The fourth-order valence-corrected chi connectivity index (χ4v) is 5.07. The van der Waals surface area contributed by atoms with Crippen molar-refractivity contribution in [3.8, 4) is 17.3 Å². The predicted octanol–water partition coefficient (Wildman–Crippen LogP) is 5.45. The van der Waals surface area contributed by atoms with Crippen molar-refractivity contribution in [3.05, 3.63) is 57.0 Å². The highest BCUT2D eigenvalue weighted by atomic mass is 79.9. The molecule has 2 aromatic heterocycles. The number of aromatic nitrogens is 2. The Kier molecular flexibility index (Phi) is 6.28. The summed E-state index contributed by atoms with van der Waals surface area (Å²) in [5.41, 5.74) is 4.74. The second kappa shape index (κ2) is 9.08. The van der Waals surface area contributed by atoms with E-state index in [1.54, 1.807) is 0 Å². The number of hydrogen-bond acceptors (Lipinski definition) is 6. The number of nitrogens with one attached hydrogen (secondary N) is 1. The number of pyridine rings is 1. The van der Waals surface area contributed by atoms with E-state index in [9.17, 15) is 10.1 Å². The first-order valence-corrected chi connectivity index (χ1v) is 11.9. The Morgan fingerprint density at radius 3 is 2.90 bits per heavy atom. The molecule has 29 heavy (non-hydrogen) atoms. The van der Waals surface area contributed by atoms with E-state index in [0.717, 1.165) is 45.7 Å². The molecule has 1 aliphatic rings. The highest BCUT2D eigenvalue weighted by molar-refractivity contribution is 9.10. The van der Waals surface area contributed by atoms with Crippen molar-refractivity contribution in [2.45, 2.75) is 30.7 Å². The maximum absolute atomic E-state index is 12.3. The molecule has 0 atom stereocenters. The summed E-state index contributed by atoms with van der Waals surface area (Å²) in [6.45, 7) is 0. The molecule has 0 bridgehead atoms. The number of carbonyl (C=O) groups is 1. The van der Waals surface area contributed by atoms with Crippen LogP contribution in [0.15, 0.2) is 45.2 Å². The normalized spacial score (nSPS) is 12.4. The van der Waals surface area contributed by atoms with E-state index in [-0.39, 0.29) is 5.91 Å². The first-order chi connectivity index (χ1) is 14.1. The Bertz CT molecular complexity index is 1090. The van der Waals surface area contributed by atoms with Crippen LogP contribution in [0.2, 0.25) is 0 Å². The van der Waals surface area contributed by atoms with E-state index in [0.29, 0.717) is 22.9 Å². The molecule has 1 amide bonds. The van der Waals surface area contributed by atoms with Crippen LogP contribution in [0.4, 0.5) is 5.13 Å². The van der Waals surface area contributed by atoms with Crippen molar-refractivity contribution < 1.29 is 4.79 Å². The highest BCUT2D eigenvalue weighted by Crippen LogP contribution is 2.29. The quantitative estimate of drug-likeness (QED) is 0.470. The fourth-order valence-electron chi connectivity index (χ4n) is 3.15. The van der Waals surface area contributed by atoms with Gasteiger partial charge in [-0.25, -0.2) is 9.97 Å². The smallest absolute Gasteiger partial charge is 0.226 e. The molecule has 5 nitrogen and oxygen atoms in total. The van der Waals surface area contributed by atoms with Gasteiger partial charge in [0.1, 0.15) is 11.1 Å². The summed E-state index contributed by atoms with van der Waals surface area (Å²) in [5, 5.41) is 15.5.